The molecule has 4 nitrogen and oxygen atoms in total. The molecule has 0 bridgehead atoms. The number of nitrogens with one attached hydrogen (secondary N) is 1. The molecule has 0 unspecified atom stereocenters. The maximum atomic E-state index is 12.7. The molecule has 0 spiro atoms. The number of hydrogen-bond donors (Lipinski definition) is 1. The van der Waals surface area contributed by atoms with Crippen molar-refractivity contribution in [3.05, 3.63) is 28.8 Å². The van der Waals surface area contributed by atoms with E-state index >= 15 is 0 Å². The Morgan fingerprint density at radius 1 is 1.35 bits per heavy atom. The molecule has 9 heteroatoms. The highest BCUT2D eigenvalue weighted by Crippen LogP contribution is 2.34. The first kappa shape index (κ1) is 15.6. The fraction of sp³-hybridized carbons (Fsp3) is 0.455. The van der Waals surface area contributed by atoms with Crippen molar-refractivity contribution in [1.29, 1.82) is 0 Å². The average molecular weight is 329 g/mol. The van der Waals surface area contributed by atoms with Crippen LogP contribution in [0.15, 0.2) is 23.1 Å². The van der Waals surface area contributed by atoms with Crippen molar-refractivity contribution in [2.24, 2.45) is 0 Å². The molecule has 0 aliphatic carbocycles. The van der Waals surface area contributed by atoms with Crippen molar-refractivity contribution in [1.82, 2.24) is 9.62 Å². The first-order chi connectivity index (χ1) is 9.14. The minimum Gasteiger partial charge on any atom is -0.313 e. The summed E-state index contributed by atoms with van der Waals surface area (Å²) in [5, 5.41) is 2.67. The molecule has 112 valence electrons. The Morgan fingerprint density at radius 3 is 2.40 bits per heavy atom. The van der Waals surface area contributed by atoms with E-state index in [2.05, 4.69) is 5.32 Å². The van der Waals surface area contributed by atoms with Gasteiger partial charge in [-0.2, -0.15) is 17.5 Å². The zero-order valence-corrected chi connectivity index (χ0v) is 12.0. The quantitative estimate of drug-likeness (QED) is 0.922. The summed E-state index contributed by atoms with van der Waals surface area (Å²) >= 11 is 5.75. The Balaban J connectivity index is 2.45. The molecule has 0 atom stereocenters. The smallest absolute Gasteiger partial charge is 0.313 e. The summed E-state index contributed by atoms with van der Waals surface area (Å²) in [5.41, 5.74) is -1.04. The number of hydrogen-bond acceptors (Lipinski definition) is 3. The lowest BCUT2D eigenvalue weighted by Gasteiger charge is -2.34. The van der Waals surface area contributed by atoms with Crippen molar-refractivity contribution < 1.29 is 21.6 Å². The third-order valence-corrected chi connectivity index (χ3v) is 5.58. The Labute approximate surface area is 119 Å². The van der Waals surface area contributed by atoms with E-state index in [9.17, 15) is 21.6 Å². The number of sulfonamides is 1. The van der Waals surface area contributed by atoms with Crippen LogP contribution in [-0.4, -0.2) is 38.9 Å². The average Bonchev–Trinajstić information content (AvgIpc) is 2.25. The number of halogens is 4. The highest BCUT2D eigenvalue weighted by Gasteiger charge is 2.36. The molecule has 1 aromatic rings. The van der Waals surface area contributed by atoms with Gasteiger partial charge in [-0.3, -0.25) is 0 Å². The molecule has 1 aliphatic heterocycles. The first-order valence-corrected chi connectivity index (χ1v) is 7.51. The van der Waals surface area contributed by atoms with Crippen molar-refractivity contribution >= 4 is 21.6 Å². The van der Waals surface area contributed by atoms with Crippen LogP contribution in [-0.2, 0) is 16.2 Å². The van der Waals surface area contributed by atoms with Gasteiger partial charge in [0, 0.05) is 26.2 Å². The van der Waals surface area contributed by atoms with Crippen LogP contribution in [0.25, 0.3) is 0 Å². The molecular weight excluding hydrogens is 317 g/mol. The molecule has 0 saturated carbocycles. The summed E-state index contributed by atoms with van der Waals surface area (Å²) in [6.45, 7) is 0.929. The van der Waals surface area contributed by atoms with Gasteiger partial charge in [0.2, 0.25) is 10.0 Å². The Hall–Kier alpha value is -0.830. The summed E-state index contributed by atoms with van der Waals surface area (Å²) < 4.78 is 63.7. The van der Waals surface area contributed by atoms with Crippen molar-refractivity contribution in [3.8, 4) is 0 Å². The van der Waals surface area contributed by atoms with Gasteiger partial charge in [0.25, 0.3) is 0 Å². The van der Waals surface area contributed by atoms with E-state index in [0.717, 1.165) is 16.4 Å². The van der Waals surface area contributed by atoms with E-state index in [1.165, 1.54) is 7.05 Å². The van der Waals surface area contributed by atoms with Crippen molar-refractivity contribution in [2.45, 2.75) is 17.1 Å². The predicted molar refractivity (Wildman–Crippen MR) is 68.1 cm³/mol. The molecule has 0 radical (unpaired) electrons. The maximum absolute atomic E-state index is 12.7. The van der Waals surface area contributed by atoms with E-state index in [4.69, 9.17) is 11.6 Å². The standard InChI is InChI=1S/C11H12ClF3N2O2S/c1-17(8-5-16-6-8)20(18,19)10-4-7(11(13,14)15)2-3-9(10)12/h2-4,8,16H,5-6H2,1H3. The predicted octanol–water partition coefficient (Wildman–Crippen LogP) is 1.95. The summed E-state index contributed by atoms with van der Waals surface area (Å²) in [5.74, 6) is 0. The van der Waals surface area contributed by atoms with Gasteiger partial charge in [-0.25, -0.2) is 8.42 Å². The third kappa shape index (κ3) is 2.78. The van der Waals surface area contributed by atoms with Crippen LogP contribution in [0.2, 0.25) is 5.02 Å². The molecule has 1 fully saturated rings. The van der Waals surface area contributed by atoms with E-state index in [1.807, 2.05) is 0 Å². The molecule has 1 aliphatic rings. The van der Waals surface area contributed by atoms with Gasteiger partial charge >= 0.3 is 6.18 Å². The summed E-state index contributed by atoms with van der Waals surface area (Å²) in [6, 6.07) is 2.00. The molecule has 0 amide bonds. The fourth-order valence-electron chi connectivity index (χ4n) is 1.76. The van der Waals surface area contributed by atoms with Crippen LogP contribution in [0.1, 0.15) is 5.56 Å². The van der Waals surface area contributed by atoms with Gasteiger partial charge in [-0.1, -0.05) is 11.6 Å². The minimum absolute atomic E-state index is 0.225. The minimum atomic E-state index is -4.62. The number of alkyl halides is 3. The Kier molecular flexibility index (Phi) is 4.03. The second-order valence-electron chi connectivity index (χ2n) is 4.48. The van der Waals surface area contributed by atoms with Crippen LogP contribution in [0.3, 0.4) is 0 Å². The molecular formula is C11H12ClF3N2O2S. The van der Waals surface area contributed by atoms with Crippen molar-refractivity contribution in [2.75, 3.05) is 20.1 Å². The molecule has 1 saturated heterocycles. The van der Waals surface area contributed by atoms with E-state index in [-0.39, 0.29) is 11.1 Å². The van der Waals surface area contributed by atoms with Crippen LogP contribution in [0, 0.1) is 0 Å². The zero-order valence-electron chi connectivity index (χ0n) is 10.4. The third-order valence-electron chi connectivity index (χ3n) is 3.19. The van der Waals surface area contributed by atoms with Crippen LogP contribution in [0.4, 0.5) is 13.2 Å². The summed E-state index contributed by atoms with van der Waals surface area (Å²) in [7, 11) is -2.72. The largest absolute Gasteiger partial charge is 0.416 e. The van der Waals surface area contributed by atoms with Gasteiger partial charge in [0.05, 0.1) is 10.6 Å². The number of likely N-dealkylation sites (N-methyl/N-ethyl adjacent to an activating group) is 1. The van der Waals surface area contributed by atoms with Crippen LogP contribution < -0.4 is 5.32 Å². The lowest BCUT2D eigenvalue weighted by molar-refractivity contribution is -0.137. The molecule has 0 aromatic heterocycles. The molecule has 1 heterocycles. The number of nitrogens with zero attached hydrogens (tertiary/aromatic N) is 1. The highest BCUT2D eigenvalue weighted by molar-refractivity contribution is 7.89. The molecule has 1 aromatic carbocycles. The van der Waals surface area contributed by atoms with E-state index in [0.29, 0.717) is 19.2 Å². The number of benzene rings is 1. The highest BCUT2D eigenvalue weighted by atomic mass is 35.5. The van der Waals surface area contributed by atoms with Gasteiger partial charge in [-0.15, -0.1) is 0 Å². The lowest BCUT2D eigenvalue weighted by atomic mass is 10.2. The molecule has 2 rings (SSSR count). The number of rotatable bonds is 3. The van der Waals surface area contributed by atoms with Gasteiger partial charge in [-0.05, 0) is 18.2 Å². The molecule has 1 N–H and O–H groups in total. The topological polar surface area (TPSA) is 49.4 Å². The lowest BCUT2D eigenvalue weighted by Crippen LogP contribution is -2.57. The van der Waals surface area contributed by atoms with Crippen LogP contribution in [0.5, 0.6) is 0 Å². The Bertz CT molecular complexity index is 615. The first-order valence-electron chi connectivity index (χ1n) is 5.69. The van der Waals surface area contributed by atoms with Crippen molar-refractivity contribution in [3.63, 3.8) is 0 Å². The fourth-order valence-corrected chi connectivity index (χ4v) is 3.61. The molecule has 20 heavy (non-hydrogen) atoms. The monoisotopic (exact) mass is 328 g/mol. The SMILES string of the molecule is CN(C1CNC1)S(=O)(=O)c1cc(C(F)(F)F)ccc1Cl. The summed E-state index contributed by atoms with van der Waals surface area (Å²) in [4.78, 5) is -0.525. The van der Waals surface area contributed by atoms with Gasteiger partial charge in [0.1, 0.15) is 4.90 Å². The summed E-state index contributed by atoms with van der Waals surface area (Å²) in [6.07, 6.45) is -4.62. The van der Waals surface area contributed by atoms with Gasteiger partial charge < -0.3 is 5.32 Å². The normalized spacial score (nSPS) is 17.3. The maximum Gasteiger partial charge on any atom is 0.416 e. The van der Waals surface area contributed by atoms with Gasteiger partial charge in [0.15, 0.2) is 0 Å². The Morgan fingerprint density at radius 2 is 1.95 bits per heavy atom. The second kappa shape index (κ2) is 5.18. The van der Waals surface area contributed by atoms with Crippen LogP contribution >= 0.6 is 11.6 Å². The van der Waals surface area contributed by atoms with E-state index < -0.39 is 26.7 Å². The zero-order chi connectivity index (χ0) is 15.1. The van der Waals surface area contributed by atoms with E-state index in [1.54, 1.807) is 0 Å². The second-order valence-corrected chi connectivity index (χ2v) is 6.85.